The number of aromatic nitrogens is 1. The van der Waals surface area contributed by atoms with Crippen molar-refractivity contribution in [2.45, 2.75) is 45.1 Å². The van der Waals surface area contributed by atoms with Crippen LogP contribution < -0.4 is 0 Å². The normalized spacial score (nSPS) is 18.6. The van der Waals surface area contributed by atoms with Crippen molar-refractivity contribution < 1.29 is 5.11 Å². The molecule has 2 aromatic rings. The fourth-order valence-electron chi connectivity index (χ4n) is 3.31. The highest BCUT2D eigenvalue weighted by atomic mass is 16.3. The van der Waals surface area contributed by atoms with Crippen molar-refractivity contribution in [1.29, 1.82) is 0 Å². The van der Waals surface area contributed by atoms with Gasteiger partial charge in [0.2, 0.25) is 0 Å². The molecule has 0 amide bonds. The molecule has 1 fully saturated rings. The van der Waals surface area contributed by atoms with Gasteiger partial charge in [-0.2, -0.15) is 0 Å². The van der Waals surface area contributed by atoms with E-state index < -0.39 is 0 Å². The van der Waals surface area contributed by atoms with Crippen molar-refractivity contribution in [3.8, 4) is 0 Å². The first-order chi connectivity index (χ1) is 9.27. The number of benzene rings is 1. The molecule has 0 spiro atoms. The third-order valence-electron chi connectivity index (χ3n) is 4.42. The second-order valence-corrected chi connectivity index (χ2v) is 5.71. The Bertz CT molecular complexity index is 572. The Morgan fingerprint density at radius 3 is 2.74 bits per heavy atom. The molecule has 0 saturated heterocycles. The first-order valence-corrected chi connectivity index (χ1v) is 7.29. The molecular weight excluding hydrogens is 234 g/mol. The third kappa shape index (κ3) is 2.37. The lowest BCUT2D eigenvalue weighted by molar-refractivity contribution is 0.0860. The summed E-state index contributed by atoms with van der Waals surface area (Å²) in [6.07, 6.45) is 7.62. The lowest BCUT2D eigenvalue weighted by Gasteiger charge is -2.27. The van der Waals surface area contributed by atoms with E-state index >= 15 is 0 Å². The van der Waals surface area contributed by atoms with Gasteiger partial charge < -0.3 is 5.11 Å². The Hall–Kier alpha value is -1.41. The average Bonchev–Trinajstić information content (AvgIpc) is 2.47. The molecule has 3 rings (SSSR count). The second kappa shape index (κ2) is 5.30. The van der Waals surface area contributed by atoms with Crippen LogP contribution in [0, 0.1) is 12.8 Å². The summed E-state index contributed by atoms with van der Waals surface area (Å²) in [6, 6.07) is 8.19. The molecule has 19 heavy (non-hydrogen) atoms. The fraction of sp³-hybridized carbons (Fsp3) is 0.471. The standard InChI is InChI=1S/C17H21NO/c1-12-6-5-9-14-15(10-11-18-16(12)14)17(19)13-7-3-2-4-8-13/h5-6,9-11,13,17,19H,2-4,7-8H2,1H3. The summed E-state index contributed by atoms with van der Waals surface area (Å²) in [5.41, 5.74) is 3.26. The van der Waals surface area contributed by atoms with E-state index in [-0.39, 0.29) is 6.10 Å². The van der Waals surface area contributed by atoms with E-state index in [1.165, 1.54) is 24.8 Å². The summed E-state index contributed by atoms with van der Waals surface area (Å²) in [7, 11) is 0. The molecule has 1 heterocycles. The first kappa shape index (κ1) is 12.6. The molecule has 0 bridgehead atoms. The number of rotatable bonds is 2. The van der Waals surface area contributed by atoms with E-state index in [0.29, 0.717) is 5.92 Å². The average molecular weight is 255 g/mol. The zero-order valence-corrected chi connectivity index (χ0v) is 11.5. The molecule has 1 atom stereocenters. The number of aliphatic hydroxyl groups is 1. The minimum atomic E-state index is -0.340. The largest absolute Gasteiger partial charge is 0.388 e. The molecule has 0 radical (unpaired) electrons. The van der Waals surface area contributed by atoms with Crippen LogP contribution in [0.2, 0.25) is 0 Å². The predicted molar refractivity (Wildman–Crippen MR) is 78.0 cm³/mol. The maximum absolute atomic E-state index is 10.7. The first-order valence-electron chi connectivity index (χ1n) is 7.29. The van der Waals surface area contributed by atoms with Gasteiger partial charge in [0.05, 0.1) is 11.6 Å². The molecule has 0 aliphatic heterocycles. The zero-order valence-electron chi connectivity index (χ0n) is 11.5. The lowest BCUT2D eigenvalue weighted by Crippen LogP contribution is -2.16. The number of fused-ring (bicyclic) bond motifs is 1. The van der Waals surface area contributed by atoms with E-state index in [1.54, 1.807) is 0 Å². The van der Waals surface area contributed by atoms with Crippen LogP contribution in [0.5, 0.6) is 0 Å². The minimum absolute atomic E-state index is 0.340. The molecule has 2 heteroatoms. The number of pyridine rings is 1. The van der Waals surface area contributed by atoms with Crippen molar-refractivity contribution in [3.63, 3.8) is 0 Å². The third-order valence-corrected chi connectivity index (χ3v) is 4.42. The SMILES string of the molecule is Cc1cccc2c(C(O)C3CCCCC3)ccnc12. The van der Waals surface area contributed by atoms with Gasteiger partial charge in [-0.05, 0) is 42.9 Å². The van der Waals surface area contributed by atoms with E-state index in [9.17, 15) is 5.11 Å². The fourth-order valence-corrected chi connectivity index (χ4v) is 3.31. The highest BCUT2D eigenvalue weighted by Crippen LogP contribution is 2.36. The van der Waals surface area contributed by atoms with E-state index in [0.717, 1.165) is 29.3 Å². The van der Waals surface area contributed by atoms with Crippen LogP contribution in [0.1, 0.15) is 49.3 Å². The predicted octanol–water partition coefficient (Wildman–Crippen LogP) is 4.16. The molecule has 1 aliphatic carbocycles. The number of para-hydroxylation sites is 1. The van der Waals surface area contributed by atoms with Crippen molar-refractivity contribution in [2.24, 2.45) is 5.92 Å². The molecule has 1 aromatic carbocycles. The molecule has 100 valence electrons. The van der Waals surface area contributed by atoms with Gasteiger partial charge in [-0.15, -0.1) is 0 Å². The Labute approximate surface area is 114 Å². The van der Waals surface area contributed by atoms with Crippen LogP contribution in [0.25, 0.3) is 10.9 Å². The lowest BCUT2D eigenvalue weighted by atomic mass is 9.82. The molecule has 1 saturated carbocycles. The topological polar surface area (TPSA) is 33.1 Å². The number of hydrogen-bond acceptors (Lipinski definition) is 2. The van der Waals surface area contributed by atoms with Crippen molar-refractivity contribution in [3.05, 3.63) is 41.6 Å². The molecule has 1 N–H and O–H groups in total. The quantitative estimate of drug-likeness (QED) is 0.874. The summed E-state index contributed by atoms with van der Waals surface area (Å²) in [4.78, 5) is 4.46. The molecule has 1 aromatic heterocycles. The molecular formula is C17H21NO. The molecule has 1 aliphatic rings. The summed E-state index contributed by atoms with van der Waals surface area (Å²) in [5, 5.41) is 11.8. The maximum atomic E-state index is 10.7. The van der Waals surface area contributed by atoms with Crippen LogP contribution >= 0.6 is 0 Å². The second-order valence-electron chi connectivity index (χ2n) is 5.71. The smallest absolute Gasteiger partial charge is 0.0825 e. The highest BCUT2D eigenvalue weighted by Gasteiger charge is 2.24. The van der Waals surface area contributed by atoms with E-state index in [4.69, 9.17) is 0 Å². The van der Waals surface area contributed by atoms with Crippen molar-refractivity contribution >= 4 is 10.9 Å². The van der Waals surface area contributed by atoms with Gasteiger partial charge in [-0.25, -0.2) is 0 Å². The van der Waals surface area contributed by atoms with Crippen LogP contribution in [-0.4, -0.2) is 10.1 Å². The molecule has 1 unspecified atom stereocenters. The summed E-state index contributed by atoms with van der Waals surface area (Å²) >= 11 is 0. The zero-order chi connectivity index (χ0) is 13.2. The van der Waals surface area contributed by atoms with Gasteiger partial charge in [-0.1, -0.05) is 37.5 Å². The van der Waals surface area contributed by atoms with Crippen LogP contribution in [0.4, 0.5) is 0 Å². The Morgan fingerprint density at radius 2 is 1.95 bits per heavy atom. The summed E-state index contributed by atoms with van der Waals surface area (Å²) in [5.74, 6) is 0.417. The number of hydrogen-bond donors (Lipinski definition) is 1. The van der Waals surface area contributed by atoms with Crippen molar-refractivity contribution in [2.75, 3.05) is 0 Å². The van der Waals surface area contributed by atoms with Gasteiger partial charge in [0.25, 0.3) is 0 Å². The Morgan fingerprint density at radius 1 is 1.16 bits per heavy atom. The summed E-state index contributed by atoms with van der Waals surface area (Å²) in [6.45, 7) is 2.08. The molecule has 2 nitrogen and oxygen atoms in total. The Kier molecular flexibility index (Phi) is 3.52. The van der Waals surface area contributed by atoms with E-state index in [1.807, 2.05) is 12.3 Å². The van der Waals surface area contributed by atoms with Crippen molar-refractivity contribution in [1.82, 2.24) is 4.98 Å². The van der Waals surface area contributed by atoms with Gasteiger partial charge in [0.1, 0.15) is 0 Å². The number of aliphatic hydroxyl groups excluding tert-OH is 1. The van der Waals surface area contributed by atoms with E-state index in [2.05, 4.69) is 30.1 Å². The number of aryl methyl sites for hydroxylation is 1. The number of nitrogens with zero attached hydrogens (tertiary/aromatic N) is 1. The maximum Gasteiger partial charge on any atom is 0.0825 e. The highest BCUT2D eigenvalue weighted by molar-refractivity contribution is 5.85. The van der Waals surface area contributed by atoms with Crippen LogP contribution in [0.3, 0.4) is 0 Å². The monoisotopic (exact) mass is 255 g/mol. The Balaban J connectivity index is 2.02. The van der Waals surface area contributed by atoms with Crippen LogP contribution in [0.15, 0.2) is 30.5 Å². The summed E-state index contributed by atoms with van der Waals surface area (Å²) < 4.78 is 0. The van der Waals surface area contributed by atoms with Gasteiger partial charge in [0, 0.05) is 11.6 Å². The van der Waals surface area contributed by atoms with Crippen LogP contribution in [-0.2, 0) is 0 Å². The van der Waals surface area contributed by atoms with Gasteiger partial charge in [-0.3, -0.25) is 4.98 Å². The van der Waals surface area contributed by atoms with Gasteiger partial charge >= 0.3 is 0 Å². The minimum Gasteiger partial charge on any atom is -0.388 e. The van der Waals surface area contributed by atoms with Gasteiger partial charge in [0.15, 0.2) is 0 Å².